The van der Waals surface area contributed by atoms with Gasteiger partial charge in [0.25, 0.3) is 11.6 Å². The van der Waals surface area contributed by atoms with Crippen molar-refractivity contribution in [3.8, 4) is 0 Å². The maximum atomic E-state index is 12.4. The molecule has 0 atom stereocenters. The van der Waals surface area contributed by atoms with Gasteiger partial charge in [0.2, 0.25) is 0 Å². The van der Waals surface area contributed by atoms with E-state index in [1.54, 1.807) is 18.2 Å². The van der Waals surface area contributed by atoms with Crippen molar-refractivity contribution < 1.29 is 42.3 Å². The quantitative estimate of drug-likeness (QED) is 0.201. The van der Waals surface area contributed by atoms with E-state index in [4.69, 9.17) is 0 Å². The number of nitrogens with zero attached hydrogens (tertiary/aromatic N) is 1. The normalized spacial score (nSPS) is 15.6. The number of aliphatic hydroxyl groups is 1. The van der Waals surface area contributed by atoms with Gasteiger partial charge in [-0.2, -0.15) is 0 Å². The molecule has 1 radical (unpaired) electrons. The van der Waals surface area contributed by atoms with Crippen molar-refractivity contribution >= 4 is 35.6 Å². The number of H-pyrrole nitrogens is 3. The molecule has 0 amide bonds. The number of rotatable bonds is 0. The Morgan fingerprint density at radius 1 is 0.724 bits per heavy atom. The van der Waals surface area contributed by atoms with Gasteiger partial charge in [-0.3, -0.25) is 14.8 Å². The van der Waals surface area contributed by atoms with Gasteiger partial charge in [0.15, 0.2) is 11.5 Å². The minimum atomic E-state index is -0.984. The molecule has 0 spiro atoms. The Balaban J connectivity index is 0.00000205. The first-order valence-electron chi connectivity index (χ1n) is 8.49. The van der Waals surface area contributed by atoms with Crippen molar-refractivity contribution in [2.75, 3.05) is 0 Å². The number of fused-ring (bicyclic) bond motifs is 8. The van der Waals surface area contributed by atoms with E-state index in [9.17, 15) is 19.9 Å². The maximum Gasteiger partial charge on any atom is 0.257 e. The zero-order valence-corrected chi connectivity index (χ0v) is 16.8. The molecule has 29 heavy (non-hydrogen) atoms. The summed E-state index contributed by atoms with van der Waals surface area (Å²) in [6.07, 6.45) is 5.08. The smallest absolute Gasteiger partial charge is 0.257 e. The molecule has 5 heterocycles. The zero-order valence-electron chi connectivity index (χ0n) is 14.7. The Hall–Kier alpha value is -3.30. The summed E-state index contributed by atoms with van der Waals surface area (Å²) in [4.78, 5) is 34.0. The van der Waals surface area contributed by atoms with Gasteiger partial charge in [0.1, 0.15) is 5.70 Å². The number of hydrogen-bond donors (Lipinski definition) is 5. The van der Waals surface area contributed by atoms with Crippen molar-refractivity contribution in [1.82, 2.24) is 20.0 Å². The van der Waals surface area contributed by atoms with Crippen molar-refractivity contribution in [2.45, 2.75) is 0 Å². The number of carbonyl (C=O) groups excluding carboxylic acids is 2. The average molecular weight is 571 g/mol. The molecule has 8 bridgehead atoms. The number of aliphatic hydroxyl groups excluding tert-OH is 1. The number of ketones is 2. The van der Waals surface area contributed by atoms with E-state index in [2.05, 4.69) is 15.0 Å². The third-order valence-corrected chi connectivity index (χ3v) is 4.66. The van der Waals surface area contributed by atoms with Crippen LogP contribution in [0.3, 0.4) is 0 Å². The monoisotopic (exact) mass is 571 g/mol. The molecule has 0 aliphatic carbocycles. The minimum Gasteiger partial charge on any atom is -0.504 e. The molecule has 1 fully saturated rings. The Kier molecular flexibility index (Phi) is 4.56. The predicted molar refractivity (Wildman–Crippen MR) is 99.9 cm³/mol. The molecule has 3 aromatic rings. The second kappa shape index (κ2) is 6.94. The van der Waals surface area contributed by atoms with Crippen LogP contribution in [0.5, 0.6) is 0 Å². The maximum absolute atomic E-state index is 12.4. The molecule has 0 saturated carbocycles. The summed E-state index contributed by atoms with van der Waals surface area (Å²) in [6, 6.07) is 10.6. The van der Waals surface area contributed by atoms with E-state index < -0.39 is 23.0 Å². The zero-order chi connectivity index (χ0) is 19.4. The first-order chi connectivity index (χ1) is 13.5. The number of hydrogen-bond acceptors (Lipinski definition) is 5. The summed E-state index contributed by atoms with van der Waals surface area (Å²) in [7, 11) is 0. The largest absolute Gasteiger partial charge is 0.504 e. The van der Waals surface area contributed by atoms with E-state index in [0.717, 1.165) is 16.4 Å². The van der Waals surface area contributed by atoms with Crippen LogP contribution >= 0.6 is 0 Å². The summed E-state index contributed by atoms with van der Waals surface area (Å²) in [5.74, 6) is -2.40. The fraction of sp³-hybridized carbons (Fsp3) is 0. The number of nitrogens with one attached hydrogen (secondary N) is 3. The molecular weight excluding hydrogens is 557 g/mol. The number of carbonyl (C=O) groups is 2. The fourth-order valence-corrected chi connectivity index (χ4v) is 3.31. The third-order valence-electron chi connectivity index (χ3n) is 4.66. The first-order valence-corrected chi connectivity index (χ1v) is 8.49. The molecule has 9 heteroatoms. The van der Waals surface area contributed by atoms with Gasteiger partial charge in [-0.05, 0) is 54.6 Å². The molecule has 8 nitrogen and oxygen atoms in total. The summed E-state index contributed by atoms with van der Waals surface area (Å²) < 4.78 is 0. The van der Waals surface area contributed by atoms with Crippen LogP contribution in [0, 0.1) is 0 Å². The van der Waals surface area contributed by atoms with Crippen LogP contribution < -0.4 is 10.7 Å². The molecule has 149 valence electrons. The Morgan fingerprint density at radius 2 is 1.31 bits per heavy atom. The van der Waals surface area contributed by atoms with Crippen molar-refractivity contribution in [3.63, 3.8) is 0 Å². The molecule has 2 aliphatic heterocycles. The van der Waals surface area contributed by atoms with Gasteiger partial charge in [0.05, 0.1) is 5.69 Å². The van der Waals surface area contributed by atoms with E-state index >= 15 is 0 Å². The Morgan fingerprint density at radius 3 is 2.00 bits per heavy atom. The van der Waals surface area contributed by atoms with E-state index in [1.165, 1.54) is 6.08 Å². The SMILES string of the molecule is O=C1C(=O)C2=C(O)c3ccc([nH]3)C=c3ccc([nH]3)=Cc3ccc([nH]3)C=C1N2O.[Au]. The van der Waals surface area contributed by atoms with E-state index in [-0.39, 0.29) is 33.8 Å². The van der Waals surface area contributed by atoms with Gasteiger partial charge in [-0.1, -0.05) is 0 Å². The molecule has 0 unspecified atom stereocenters. The van der Waals surface area contributed by atoms with Crippen LogP contribution in [-0.2, 0) is 32.0 Å². The van der Waals surface area contributed by atoms with Crippen LogP contribution in [0.25, 0.3) is 24.0 Å². The third kappa shape index (κ3) is 3.14. The van der Waals surface area contributed by atoms with Gasteiger partial charge >= 0.3 is 0 Å². The van der Waals surface area contributed by atoms with Crippen molar-refractivity contribution in [3.05, 3.63) is 81.3 Å². The number of aromatic amines is 3. The van der Waals surface area contributed by atoms with Gasteiger partial charge in [-0.25, -0.2) is 5.06 Å². The molecule has 2 aliphatic rings. The van der Waals surface area contributed by atoms with Crippen LogP contribution in [0.1, 0.15) is 22.8 Å². The number of Topliss-reactive ketones (excluding diaryl/α,β-unsaturated/α-hetero) is 2. The van der Waals surface area contributed by atoms with Gasteiger partial charge < -0.3 is 20.1 Å². The summed E-state index contributed by atoms with van der Waals surface area (Å²) in [6.45, 7) is 0. The molecular formula is C20H14AuN4O4. The predicted octanol–water partition coefficient (Wildman–Crippen LogP) is 0.750. The molecule has 5 N–H and O–H groups in total. The second-order valence-electron chi connectivity index (χ2n) is 6.55. The van der Waals surface area contributed by atoms with E-state index in [1.807, 2.05) is 30.4 Å². The Bertz CT molecular complexity index is 1340. The van der Waals surface area contributed by atoms with Crippen LogP contribution in [0.4, 0.5) is 0 Å². The minimum absolute atomic E-state index is 0. The average Bonchev–Trinajstić information content (AvgIpc) is 3.43. The Labute approximate surface area is 179 Å². The van der Waals surface area contributed by atoms with Crippen LogP contribution in [-0.4, -0.2) is 41.9 Å². The first kappa shape index (κ1) is 19.0. The summed E-state index contributed by atoms with van der Waals surface area (Å²) >= 11 is 0. The molecule has 1 saturated heterocycles. The standard InChI is InChI=1S/C20H14N4O4.Au/c25-18-15-6-5-13(23-15)8-12-2-1-10(21-12)7-11-3-4-14(22-11)9-16-19(26)20(27)17(18)24(16)28;/h1-9,21-23,25,28H;. The second-order valence-corrected chi connectivity index (χ2v) is 6.55. The van der Waals surface area contributed by atoms with Crippen LogP contribution in [0.15, 0.2) is 47.8 Å². The summed E-state index contributed by atoms with van der Waals surface area (Å²) in [5, 5.41) is 23.1. The number of allylic oxidation sites excluding steroid dienone is 2. The van der Waals surface area contributed by atoms with Crippen molar-refractivity contribution in [2.24, 2.45) is 0 Å². The molecule has 3 aromatic heterocycles. The molecule has 0 aromatic carbocycles. The van der Waals surface area contributed by atoms with Crippen LogP contribution in [0.2, 0.25) is 0 Å². The van der Waals surface area contributed by atoms with Gasteiger partial charge in [-0.15, -0.1) is 0 Å². The fourth-order valence-electron chi connectivity index (χ4n) is 3.31. The number of aromatic nitrogens is 3. The summed E-state index contributed by atoms with van der Waals surface area (Å²) in [5.41, 5.74) is 1.44. The van der Waals surface area contributed by atoms with Crippen molar-refractivity contribution in [1.29, 1.82) is 0 Å². The van der Waals surface area contributed by atoms with E-state index in [0.29, 0.717) is 16.5 Å². The van der Waals surface area contributed by atoms with Gasteiger partial charge in [0, 0.05) is 50.2 Å². The topological polar surface area (TPSA) is 125 Å². The molecule has 5 rings (SSSR count). The number of hydroxylamine groups is 2.